The molecule has 0 aromatic carbocycles. The fourth-order valence-electron chi connectivity index (χ4n) is 1.90. The second-order valence-corrected chi connectivity index (χ2v) is 4.50. The summed E-state index contributed by atoms with van der Waals surface area (Å²) in [5.74, 6) is -1.28. The second kappa shape index (κ2) is 6.87. The van der Waals surface area contributed by atoms with Gasteiger partial charge in [0.05, 0.1) is 11.3 Å². The quantitative estimate of drug-likeness (QED) is 0.826. The number of nitrogens with zero attached hydrogens (tertiary/aromatic N) is 1. The Morgan fingerprint density at radius 1 is 1.37 bits per heavy atom. The molecule has 0 aliphatic rings. The van der Waals surface area contributed by atoms with E-state index in [0.717, 1.165) is 19.3 Å². The van der Waals surface area contributed by atoms with Crippen molar-refractivity contribution in [1.82, 2.24) is 10.3 Å². The number of pyridine rings is 1. The average molecular weight is 264 g/mol. The lowest BCUT2D eigenvalue weighted by Crippen LogP contribution is -2.34. The second-order valence-electron chi connectivity index (χ2n) is 4.50. The molecule has 0 radical (unpaired) electrons. The molecule has 0 aliphatic carbocycles. The van der Waals surface area contributed by atoms with E-state index in [1.54, 1.807) is 6.92 Å². The molecule has 2 N–H and O–H groups in total. The Bertz CT molecular complexity index is 472. The Morgan fingerprint density at radius 3 is 2.53 bits per heavy atom. The van der Waals surface area contributed by atoms with Gasteiger partial charge in [-0.05, 0) is 31.9 Å². The predicted octanol–water partition coefficient (Wildman–Crippen LogP) is 2.40. The van der Waals surface area contributed by atoms with Gasteiger partial charge in [0, 0.05) is 6.04 Å². The third-order valence-electron chi connectivity index (χ3n) is 3.01. The number of carboxylic acids is 1. The molecular formula is C14H20N2O3. The molecule has 0 spiro atoms. The topological polar surface area (TPSA) is 79.3 Å². The van der Waals surface area contributed by atoms with Gasteiger partial charge in [-0.2, -0.15) is 0 Å². The monoisotopic (exact) mass is 264 g/mol. The standard InChI is InChI=1S/C14H20N2O3/c1-4-6-10(5-2)16-13(17)12-8-7-11(14(18)19)9(3)15-12/h7-8,10H,4-6H2,1-3H3,(H,16,17)(H,18,19). The number of hydrogen-bond donors (Lipinski definition) is 2. The van der Waals surface area contributed by atoms with Crippen LogP contribution in [0.3, 0.4) is 0 Å². The lowest BCUT2D eigenvalue weighted by Gasteiger charge is -2.15. The molecule has 19 heavy (non-hydrogen) atoms. The zero-order chi connectivity index (χ0) is 14.4. The minimum absolute atomic E-state index is 0.122. The van der Waals surface area contributed by atoms with Crippen molar-refractivity contribution >= 4 is 11.9 Å². The molecule has 5 nitrogen and oxygen atoms in total. The fourth-order valence-corrected chi connectivity index (χ4v) is 1.90. The van der Waals surface area contributed by atoms with Gasteiger partial charge in [-0.25, -0.2) is 9.78 Å². The molecule has 1 aromatic rings. The largest absolute Gasteiger partial charge is 0.478 e. The molecule has 1 aromatic heterocycles. The molecule has 0 aliphatic heterocycles. The van der Waals surface area contributed by atoms with E-state index in [4.69, 9.17) is 5.11 Å². The number of amides is 1. The first kappa shape index (κ1) is 15.1. The van der Waals surface area contributed by atoms with E-state index in [9.17, 15) is 9.59 Å². The Labute approximate surface area is 113 Å². The number of nitrogens with one attached hydrogen (secondary N) is 1. The van der Waals surface area contributed by atoms with E-state index < -0.39 is 5.97 Å². The summed E-state index contributed by atoms with van der Waals surface area (Å²) in [6.07, 6.45) is 2.80. The Hall–Kier alpha value is -1.91. The van der Waals surface area contributed by atoms with E-state index >= 15 is 0 Å². The van der Waals surface area contributed by atoms with Gasteiger partial charge in [0.25, 0.3) is 5.91 Å². The summed E-state index contributed by atoms with van der Waals surface area (Å²) in [7, 11) is 0. The van der Waals surface area contributed by atoms with Crippen LogP contribution in [0.25, 0.3) is 0 Å². The van der Waals surface area contributed by atoms with E-state index in [1.807, 2.05) is 6.92 Å². The van der Waals surface area contributed by atoms with Gasteiger partial charge in [-0.3, -0.25) is 4.79 Å². The molecular weight excluding hydrogens is 244 g/mol. The average Bonchev–Trinajstić information content (AvgIpc) is 2.37. The lowest BCUT2D eigenvalue weighted by atomic mass is 10.1. The van der Waals surface area contributed by atoms with Crippen LogP contribution >= 0.6 is 0 Å². The van der Waals surface area contributed by atoms with Crippen molar-refractivity contribution in [2.24, 2.45) is 0 Å². The molecule has 0 saturated carbocycles. The van der Waals surface area contributed by atoms with Crippen molar-refractivity contribution in [3.63, 3.8) is 0 Å². The molecule has 1 atom stereocenters. The molecule has 0 bridgehead atoms. The van der Waals surface area contributed by atoms with Gasteiger partial charge in [-0.15, -0.1) is 0 Å². The number of aryl methyl sites for hydroxylation is 1. The minimum Gasteiger partial charge on any atom is -0.478 e. The summed E-state index contributed by atoms with van der Waals surface area (Å²) in [6.45, 7) is 5.68. The van der Waals surface area contributed by atoms with Crippen molar-refractivity contribution in [2.75, 3.05) is 0 Å². The van der Waals surface area contributed by atoms with E-state index in [2.05, 4.69) is 17.2 Å². The summed E-state index contributed by atoms with van der Waals surface area (Å²) in [5.41, 5.74) is 0.734. The molecule has 1 unspecified atom stereocenters. The minimum atomic E-state index is -1.03. The van der Waals surface area contributed by atoms with E-state index in [0.29, 0.717) is 5.69 Å². The molecule has 5 heteroatoms. The number of rotatable bonds is 6. The van der Waals surface area contributed by atoms with Gasteiger partial charge >= 0.3 is 5.97 Å². The van der Waals surface area contributed by atoms with Gasteiger partial charge in [0.2, 0.25) is 0 Å². The number of carboxylic acid groups (broad SMARTS) is 1. The molecule has 1 rings (SSSR count). The van der Waals surface area contributed by atoms with Crippen LogP contribution in [0.15, 0.2) is 12.1 Å². The number of aromatic carboxylic acids is 1. The van der Waals surface area contributed by atoms with Crippen molar-refractivity contribution in [2.45, 2.75) is 46.1 Å². The van der Waals surface area contributed by atoms with Crippen LogP contribution in [0, 0.1) is 6.92 Å². The van der Waals surface area contributed by atoms with Crippen LogP contribution < -0.4 is 5.32 Å². The first-order valence-electron chi connectivity index (χ1n) is 6.51. The van der Waals surface area contributed by atoms with Crippen LogP contribution in [-0.4, -0.2) is 28.0 Å². The smallest absolute Gasteiger partial charge is 0.337 e. The van der Waals surface area contributed by atoms with Gasteiger partial charge in [0.15, 0.2) is 0 Å². The molecule has 1 amide bonds. The number of aromatic nitrogens is 1. The predicted molar refractivity (Wildman–Crippen MR) is 72.4 cm³/mol. The molecule has 0 saturated heterocycles. The number of carbonyl (C=O) groups excluding carboxylic acids is 1. The van der Waals surface area contributed by atoms with Crippen LogP contribution in [0.2, 0.25) is 0 Å². The molecule has 0 fully saturated rings. The normalized spacial score (nSPS) is 11.9. The highest BCUT2D eigenvalue weighted by molar-refractivity contribution is 5.94. The first-order chi connectivity index (χ1) is 8.99. The Balaban J connectivity index is 2.83. The SMILES string of the molecule is CCCC(CC)NC(=O)c1ccc(C(=O)O)c(C)n1. The van der Waals surface area contributed by atoms with Crippen molar-refractivity contribution in [1.29, 1.82) is 0 Å². The van der Waals surface area contributed by atoms with Gasteiger partial charge in [0.1, 0.15) is 5.69 Å². The lowest BCUT2D eigenvalue weighted by molar-refractivity contribution is 0.0694. The molecule has 1 heterocycles. The van der Waals surface area contributed by atoms with Crippen LogP contribution in [0.1, 0.15) is 59.7 Å². The summed E-state index contributed by atoms with van der Waals surface area (Å²) < 4.78 is 0. The summed E-state index contributed by atoms with van der Waals surface area (Å²) in [4.78, 5) is 26.9. The fraction of sp³-hybridized carbons (Fsp3) is 0.500. The van der Waals surface area contributed by atoms with Gasteiger partial charge < -0.3 is 10.4 Å². The van der Waals surface area contributed by atoms with E-state index in [1.165, 1.54) is 12.1 Å². The zero-order valence-electron chi connectivity index (χ0n) is 11.6. The summed E-state index contributed by atoms with van der Waals surface area (Å²) in [5, 5.41) is 11.8. The maximum absolute atomic E-state index is 12.0. The summed E-state index contributed by atoms with van der Waals surface area (Å²) in [6, 6.07) is 3.00. The van der Waals surface area contributed by atoms with Crippen LogP contribution in [0.5, 0.6) is 0 Å². The highest BCUT2D eigenvalue weighted by atomic mass is 16.4. The highest BCUT2D eigenvalue weighted by Gasteiger charge is 2.15. The summed E-state index contributed by atoms with van der Waals surface area (Å²) >= 11 is 0. The van der Waals surface area contributed by atoms with Crippen molar-refractivity contribution in [3.05, 3.63) is 29.1 Å². The van der Waals surface area contributed by atoms with Crippen LogP contribution in [0.4, 0.5) is 0 Å². The van der Waals surface area contributed by atoms with Crippen molar-refractivity contribution in [3.8, 4) is 0 Å². The third kappa shape index (κ3) is 4.05. The van der Waals surface area contributed by atoms with Crippen LogP contribution in [-0.2, 0) is 0 Å². The molecule has 104 valence electrons. The first-order valence-corrected chi connectivity index (χ1v) is 6.51. The maximum Gasteiger partial charge on any atom is 0.337 e. The Kier molecular flexibility index (Phi) is 5.48. The Morgan fingerprint density at radius 2 is 2.05 bits per heavy atom. The third-order valence-corrected chi connectivity index (χ3v) is 3.01. The maximum atomic E-state index is 12.0. The zero-order valence-corrected chi connectivity index (χ0v) is 11.6. The number of hydrogen-bond acceptors (Lipinski definition) is 3. The number of carbonyl (C=O) groups is 2. The van der Waals surface area contributed by atoms with Gasteiger partial charge in [-0.1, -0.05) is 20.3 Å². The highest BCUT2D eigenvalue weighted by Crippen LogP contribution is 2.08. The van der Waals surface area contributed by atoms with E-state index in [-0.39, 0.29) is 23.2 Å². The van der Waals surface area contributed by atoms with Crippen molar-refractivity contribution < 1.29 is 14.7 Å².